The van der Waals surface area contributed by atoms with Crippen molar-refractivity contribution in [3.63, 3.8) is 0 Å². The third-order valence-electron chi connectivity index (χ3n) is 5.41. The lowest BCUT2D eigenvalue weighted by Crippen LogP contribution is -2.23. The molecule has 0 aliphatic heterocycles. The van der Waals surface area contributed by atoms with Crippen LogP contribution in [0.2, 0.25) is 0 Å². The van der Waals surface area contributed by atoms with Crippen LogP contribution in [0.1, 0.15) is 52.7 Å². The largest absolute Gasteiger partial charge is 0.354 e. The van der Waals surface area contributed by atoms with Crippen LogP contribution >= 0.6 is 0 Å². The molecule has 0 fully saturated rings. The maximum atomic E-state index is 3.76. The van der Waals surface area contributed by atoms with E-state index >= 15 is 0 Å². The van der Waals surface area contributed by atoms with Crippen LogP contribution in [0.5, 0.6) is 0 Å². The molecule has 2 nitrogen and oxygen atoms in total. The topological polar surface area (TPSA) is 27.8 Å². The predicted molar refractivity (Wildman–Crippen MR) is 123 cm³/mol. The molecule has 4 rings (SSSR count). The van der Waals surface area contributed by atoms with Gasteiger partial charge in [0.15, 0.2) is 0 Å². The molecule has 0 radical (unpaired) electrons. The molecule has 0 unspecified atom stereocenters. The second-order valence-corrected chi connectivity index (χ2v) is 9.76. The van der Waals surface area contributed by atoms with E-state index in [1.165, 1.54) is 38.6 Å². The molecule has 0 amide bonds. The minimum atomic E-state index is 0.00517. The average molecular weight is 371 g/mol. The van der Waals surface area contributed by atoms with Gasteiger partial charge in [-0.15, -0.1) is 0 Å². The highest BCUT2D eigenvalue weighted by Gasteiger charge is 2.30. The van der Waals surface area contributed by atoms with Gasteiger partial charge in [0.2, 0.25) is 0 Å². The lowest BCUT2D eigenvalue weighted by atomic mass is 9.73. The first-order chi connectivity index (χ1) is 13.2. The summed E-state index contributed by atoms with van der Waals surface area (Å²) in [7, 11) is 0. The van der Waals surface area contributed by atoms with Gasteiger partial charge in [-0.3, -0.25) is 0 Å². The van der Waals surface area contributed by atoms with Crippen LogP contribution in [0.3, 0.4) is 0 Å². The normalized spacial score (nSPS) is 12.6. The van der Waals surface area contributed by atoms with Crippen molar-refractivity contribution in [2.24, 2.45) is 0 Å². The van der Waals surface area contributed by atoms with Gasteiger partial charge in [-0.25, -0.2) is 0 Å². The highest BCUT2D eigenvalue weighted by atomic mass is 14.9. The Morgan fingerprint density at radius 3 is 2.00 bits per heavy atom. The number of H-pyrrole nitrogens is 1. The van der Waals surface area contributed by atoms with Crippen LogP contribution in [0.25, 0.3) is 21.8 Å². The Kier molecular flexibility index (Phi) is 4.26. The van der Waals surface area contributed by atoms with Crippen LogP contribution in [0, 0.1) is 0 Å². The summed E-state index contributed by atoms with van der Waals surface area (Å²) in [4.78, 5) is 3.70. The highest BCUT2D eigenvalue weighted by molar-refractivity contribution is 6.12. The van der Waals surface area contributed by atoms with Crippen molar-refractivity contribution in [3.8, 4) is 0 Å². The molecule has 1 heterocycles. The van der Waals surface area contributed by atoms with E-state index < -0.39 is 0 Å². The van der Waals surface area contributed by atoms with Crippen molar-refractivity contribution in [2.75, 3.05) is 5.32 Å². The van der Waals surface area contributed by atoms with Gasteiger partial charge in [-0.1, -0.05) is 77.9 Å². The van der Waals surface area contributed by atoms with Gasteiger partial charge >= 0.3 is 0 Å². The van der Waals surface area contributed by atoms with E-state index in [2.05, 4.69) is 113 Å². The molecule has 4 aromatic rings. The zero-order chi connectivity index (χ0) is 20.1. The van der Waals surface area contributed by atoms with Crippen LogP contribution in [-0.4, -0.2) is 4.98 Å². The van der Waals surface area contributed by atoms with Crippen molar-refractivity contribution in [3.05, 3.63) is 71.8 Å². The van der Waals surface area contributed by atoms with Crippen LogP contribution < -0.4 is 5.32 Å². The Bertz CT molecular complexity index is 1140. The first-order valence-electron chi connectivity index (χ1n) is 10.1. The van der Waals surface area contributed by atoms with E-state index in [1.54, 1.807) is 0 Å². The Hall–Kier alpha value is -2.74. The zero-order valence-corrected chi connectivity index (χ0v) is 17.8. The molecular weight excluding hydrogens is 340 g/mol. The number of aromatic amines is 1. The number of fused-ring (bicyclic) bond motifs is 3. The number of nitrogens with one attached hydrogen (secondary N) is 2. The van der Waals surface area contributed by atoms with Crippen LogP contribution in [0.4, 0.5) is 11.4 Å². The van der Waals surface area contributed by atoms with Crippen molar-refractivity contribution in [1.29, 1.82) is 0 Å². The third kappa shape index (κ3) is 3.17. The summed E-state index contributed by atoms with van der Waals surface area (Å²) in [6.45, 7) is 13.9. The number of rotatable bonds is 2. The second-order valence-electron chi connectivity index (χ2n) is 9.76. The Morgan fingerprint density at radius 2 is 1.36 bits per heavy atom. The van der Waals surface area contributed by atoms with Crippen LogP contribution in [0.15, 0.2) is 60.7 Å². The standard InChI is InChI=1S/C26H30N2/c1-25(2,3)20-16-19-18-14-10-11-15-21(18)28-23(19)24(22(20)26(4,5)6)27-17-12-8-7-9-13-17/h7-16,27-28H,1-6H3. The number of anilines is 2. The van der Waals surface area contributed by atoms with E-state index in [0.29, 0.717) is 0 Å². The number of hydrogen-bond donors (Lipinski definition) is 2. The van der Waals surface area contributed by atoms with Crippen LogP contribution in [-0.2, 0) is 10.8 Å². The molecule has 3 aromatic carbocycles. The van der Waals surface area contributed by atoms with E-state index in [4.69, 9.17) is 0 Å². The fraction of sp³-hybridized carbons (Fsp3) is 0.308. The Balaban J connectivity index is 2.15. The fourth-order valence-corrected chi connectivity index (χ4v) is 4.15. The van der Waals surface area contributed by atoms with E-state index in [1.807, 2.05) is 0 Å². The molecule has 0 aliphatic rings. The monoisotopic (exact) mass is 370 g/mol. The minimum Gasteiger partial charge on any atom is -0.354 e. The molecule has 2 heteroatoms. The van der Waals surface area contributed by atoms with Gasteiger partial charge in [0, 0.05) is 22.0 Å². The van der Waals surface area contributed by atoms with Crippen molar-refractivity contribution in [1.82, 2.24) is 4.98 Å². The molecule has 0 saturated heterocycles. The zero-order valence-electron chi connectivity index (χ0n) is 17.8. The lowest BCUT2D eigenvalue weighted by molar-refractivity contribution is 0.533. The molecule has 0 saturated carbocycles. The van der Waals surface area contributed by atoms with Crippen molar-refractivity contribution >= 4 is 33.2 Å². The SMILES string of the molecule is CC(C)(C)c1cc2c([nH]c3ccccc32)c(Nc2ccccc2)c1C(C)(C)C. The Morgan fingerprint density at radius 1 is 0.714 bits per heavy atom. The van der Waals surface area contributed by atoms with E-state index in [-0.39, 0.29) is 10.8 Å². The van der Waals surface area contributed by atoms with Gasteiger partial charge in [-0.2, -0.15) is 0 Å². The maximum absolute atomic E-state index is 3.76. The highest BCUT2D eigenvalue weighted by Crippen LogP contribution is 2.45. The number of para-hydroxylation sites is 2. The first-order valence-corrected chi connectivity index (χ1v) is 10.1. The smallest absolute Gasteiger partial charge is 0.0707 e. The number of benzene rings is 3. The van der Waals surface area contributed by atoms with Gasteiger partial charge in [0.25, 0.3) is 0 Å². The Labute approximate surface area is 168 Å². The average Bonchev–Trinajstić information content (AvgIpc) is 2.99. The molecule has 0 spiro atoms. The molecular formula is C26H30N2. The molecule has 28 heavy (non-hydrogen) atoms. The molecule has 0 bridgehead atoms. The molecule has 1 aromatic heterocycles. The summed E-state index contributed by atoms with van der Waals surface area (Å²) < 4.78 is 0. The summed E-state index contributed by atoms with van der Waals surface area (Å²) in [5.74, 6) is 0. The third-order valence-corrected chi connectivity index (χ3v) is 5.41. The maximum Gasteiger partial charge on any atom is 0.0707 e. The fourth-order valence-electron chi connectivity index (χ4n) is 4.15. The van der Waals surface area contributed by atoms with Gasteiger partial charge in [0.05, 0.1) is 11.2 Å². The summed E-state index contributed by atoms with van der Waals surface area (Å²) in [5, 5.41) is 6.33. The second kappa shape index (κ2) is 6.41. The van der Waals surface area contributed by atoms with Gasteiger partial charge in [0.1, 0.15) is 0 Å². The lowest BCUT2D eigenvalue weighted by Gasteiger charge is -2.33. The molecule has 2 N–H and O–H groups in total. The molecule has 0 aliphatic carbocycles. The van der Waals surface area contributed by atoms with E-state index in [9.17, 15) is 0 Å². The van der Waals surface area contributed by atoms with E-state index in [0.717, 1.165) is 5.69 Å². The van der Waals surface area contributed by atoms with Gasteiger partial charge in [-0.05, 0) is 46.2 Å². The van der Waals surface area contributed by atoms with Crippen molar-refractivity contribution in [2.45, 2.75) is 52.4 Å². The predicted octanol–water partition coefficient (Wildman–Crippen LogP) is 7.66. The molecule has 0 atom stereocenters. The summed E-state index contributed by atoms with van der Waals surface area (Å²) in [6, 6.07) is 21.5. The molecule has 144 valence electrons. The summed E-state index contributed by atoms with van der Waals surface area (Å²) in [5.41, 5.74) is 7.49. The quantitative estimate of drug-likeness (QED) is 0.372. The minimum absolute atomic E-state index is 0.00517. The number of hydrogen-bond acceptors (Lipinski definition) is 1. The summed E-state index contributed by atoms with van der Waals surface area (Å²) >= 11 is 0. The van der Waals surface area contributed by atoms with Crippen molar-refractivity contribution < 1.29 is 0 Å². The first kappa shape index (κ1) is 18.6. The number of aromatic nitrogens is 1. The summed E-state index contributed by atoms with van der Waals surface area (Å²) in [6.07, 6.45) is 0. The van der Waals surface area contributed by atoms with Gasteiger partial charge < -0.3 is 10.3 Å².